The molecule has 0 saturated carbocycles. The summed E-state index contributed by atoms with van der Waals surface area (Å²) in [7, 11) is -1.09. The van der Waals surface area contributed by atoms with Gasteiger partial charge in [-0.1, -0.05) is 47.5 Å². The van der Waals surface area contributed by atoms with Crippen molar-refractivity contribution in [2.75, 3.05) is 27.1 Å². The number of sulfone groups is 1. The molecule has 0 aliphatic carbocycles. The number of benzene rings is 2. The fourth-order valence-electron chi connectivity index (χ4n) is 4.65. The van der Waals surface area contributed by atoms with E-state index in [2.05, 4.69) is 0 Å². The quantitative estimate of drug-likeness (QED) is 0.330. The van der Waals surface area contributed by atoms with Gasteiger partial charge < -0.3 is 14.2 Å². The molecule has 11 heteroatoms. The number of methoxy groups -OCH3 is 3. The first-order valence-electron chi connectivity index (χ1n) is 10.0. The van der Waals surface area contributed by atoms with Gasteiger partial charge >= 0.3 is 17.9 Å². The molecule has 0 spiro atoms. The average Bonchev–Trinajstić information content (AvgIpc) is 2.82. The molecule has 34 heavy (non-hydrogen) atoms. The van der Waals surface area contributed by atoms with Crippen molar-refractivity contribution in [3.8, 4) is 0 Å². The number of hydrogen-bond donors (Lipinski definition) is 0. The summed E-state index contributed by atoms with van der Waals surface area (Å²) in [4.78, 5) is 40.0. The molecule has 0 bridgehead atoms. The maximum Gasteiger partial charge on any atom is 0.324 e. The summed E-state index contributed by atoms with van der Waals surface area (Å²) in [5.74, 6) is -6.76. The Kier molecular flexibility index (Phi) is 7.59. The minimum atomic E-state index is -4.26. The van der Waals surface area contributed by atoms with Crippen LogP contribution in [0.15, 0.2) is 48.5 Å². The Morgan fingerprint density at radius 3 is 1.65 bits per heavy atom. The molecule has 8 nitrogen and oxygen atoms in total. The fourth-order valence-corrected chi connectivity index (χ4v) is 7.21. The lowest BCUT2D eigenvalue weighted by atomic mass is 9.61. The molecule has 1 aliphatic heterocycles. The van der Waals surface area contributed by atoms with Crippen molar-refractivity contribution in [2.45, 2.75) is 17.1 Å². The van der Waals surface area contributed by atoms with Crippen molar-refractivity contribution >= 4 is 50.9 Å². The van der Waals surface area contributed by atoms with Gasteiger partial charge in [0, 0.05) is 21.9 Å². The van der Waals surface area contributed by atoms with Crippen molar-refractivity contribution in [3.05, 3.63) is 69.7 Å². The number of esters is 3. The van der Waals surface area contributed by atoms with Crippen LogP contribution in [0.4, 0.5) is 0 Å². The Labute approximate surface area is 207 Å². The van der Waals surface area contributed by atoms with Gasteiger partial charge in [0.15, 0.2) is 20.5 Å². The Hall–Kier alpha value is -2.62. The van der Waals surface area contributed by atoms with Gasteiger partial charge in [0.2, 0.25) is 0 Å². The van der Waals surface area contributed by atoms with E-state index in [-0.39, 0.29) is 5.56 Å². The first kappa shape index (κ1) is 26.0. The van der Waals surface area contributed by atoms with Crippen molar-refractivity contribution < 1.29 is 37.0 Å². The molecule has 182 valence electrons. The highest BCUT2D eigenvalue weighted by atomic mass is 35.5. The zero-order valence-electron chi connectivity index (χ0n) is 18.5. The highest BCUT2D eigenvalue weighted by Gasteiger charge is 2.69. The van der Waals surface area contributed by atoms with Crippen molar-refractivity contribution in [1.29, 1.82) is 0 Å². The van der Waals surface area contributed by atoms with Crippen molar-refractivity contribution in [1.82, 2.24) is 0 Å². The Morgan fingerprint density at radius 1 is 0.794 bits per heavy atom. The third-order valence-corrected chi connectivity index (χ3v) is 8.65. The summed E-state index contributed by atoms with van der Waals surface area (Å²) in [6.45, 7) is 0. The normalized spacial score (nSPS) is 22.9. The highest BCUT2D eigenvalue weighted by Crippen LogP contribution is 2.56. The van der Waals surface area contributed by atoms with Crippen LogP contribution >= 0.6 is 23.2 Å². The summed E-state index contributed by atoms with van der Waals surface area (Å²) in [6.07, 6.45) is 0. The van der Waals surface area contributed by atoms with E-state index in [1.807, 2.05) is 0 Å². The molecule has 2 aromatic rings. The molecule has 0 unspecified atom stereocenters. The smallest absolute Gasteiger partial charge is 0.324 e. The minimum Gasteiger partial charge on any atom is -0.468 e. The van der Waals surface area contributed by atoms with Gasteiger partial charge in [-0.25, -0.2) is 8.42 Å². The monoisotopic (exact) mass is 528 g/mol. The summed E-state index contributed by atoms with van der Waals surface area (Å²) in [5.41, 5.74) is -1.74. The molecule has 0 radical (unpaired) electrons. The molecule has 0 aromatic heterocycles. The van der Waals surface area contributed by atoms with Crippen LogP contribution in [-0.2, 0) is 38.4 Å². The highest BCUT2D eigenvalue weighted by molar-refractivity contribution is 7.92. The van der Waals surface area contributed by atoms with Crippen LogP contribution in [0.3, 0.4) is 0 Å². The van der Waals surface area contributed by atoms with Crippen LogP contribution in [0.1, 0.15) is 23.0 Å². The van der Waals surface area contributed by atoms with Crippen LogP contribution < -0.4 is 0 Å². The molecule has 2 aromatic carbocycles. The lowest BCUT2D eigenvalue weighted by Gasteiger charge is -2.47. The van der Waals surface area contributed by atoms with E-state index in [4.69, 9.17) is 37.4 Å². The predicted octanol–water partition coefficient (Wildman–Crippen LogP) is 3.16. The molecule has 0 N–H and O–H groups in total. The zero-order valence-corrected chi connectivity index (χ0v) is 20.8. The Balaban J connectivity index is 2.48. The van der Waals surface area contributed by atoms with E-state index in [0.29, 0.717) is 15.6 Å². The molecule has 1 aliphatic rings. The van der Waals surface area contributed by atoms with Gasteiger partial charge in [0.1, 0.15) is 0 Å². The van der Waals surface area contributed by atoms with Gasteiger partial charge in [0.05, 0.1) is 27.1 Å². The van der Waals surface area contributed by atoms with Crippen molar-refractivity contribution in [2.24, 2.45) is 5.41 Å². The summed E-state index contributed by atoms with van der Waals surface area (Å²) in [5, 5.41) is -1.20. The van der Waals surface area contributed by atoms with Crippen LogP contribution in [0.2, 0.25) is 10.0 Å². The number of rotatable bonds is 5. The third kappa shape index (κ3) is 4.28. The first-order valence-corrected chi connectivity index (χ1v) is 12.5. The molecular weight excluding hydrogens is 507 g/mol. The van der Waals surface area contributed by atoms with E-state index in [1.54, 1.807) is 0 Å². The number of hydrogen-bond acceptors (Lipinski definition) is 8. The van der Waals surface area contributed by atoms with Crippen LogP contribution in [0.5, 0.6) is 0 Å². The number of carbonyl (C=O) groups excluding carboxylic acids is 3. The molecule has 1 saturated heterocycles. The average molecular weight is 529 g/mol. The van der Waals surface area contributed by atoms with Crippen LogP contribution in [-0.4, -0.2) is 58.7 Å². The largest absolute Gasteiger partial charge is 0.468 e. The maximum absolute atomic E-state index is 13.5. The van der Waals surface area contributed by atoms with E-state index in [9.17, 15) is 22.8 Å². The standard InChI is InChI=1S/C23H22Cl2O8S/c1-31-20(26)19-18(14-6-10-16(25)11-7-14)23(21(27)32-2,22(28)33-3)17(12-34(19,29)30)13-4-8-15(24)9-5-13/h4-11,17-19H,12H2,1-3H3/t17-,18-,19+/m0/s1. The first-order chi connectivity index (χ1) is 16.0. The Bertz CT molecular complexity index is 1180. The van der Waals surface area contributed by atoms with Gasteiger partial charge in [-0.05, 0) is 35.4 Å². The molecule has 0 amide bonds. The van der Waals surface area contributed by atoms with E-state index in [0.717, 1.165) is 21.3 Å². The molecular formula is C23H22Cl2O8S. The Morgan fingerprint density at radius 2 is 1.24 bits per heavy atom. The van der Waals surface area contributed by atoms with Crippen LogP contribution in [0.25, 0.3) is 0 Å². The third-order valence-electron chi connectivity index (χ3n) is 6.11. The second-order valence-electron chi connectivity index (χ2n) is 7.76. The lowest BCUT2D eigenvalue weighted by molar-refractivity contribution is -0.174. The summed E-state index contributed by atoms with van der Waals surface area (Å²) < 4.78 is 42.0. The van der Waals surface area contributed by atoms with Gasteiger partial charge in [0.25, 0.3) is 0 Å². The summed E-state index contributed by atoms with van der Waals surface area (Å²) >= 11 is 12.0. The second kappa shape index (κ2) is 9.93. The van der Waals surface area contributed by atoms with E-state index >= 15 is 0 Å². The van der Waals surface area contributed by atoms with E-state index in [1.165, 1.54) is 48.5 Å². The molecule has 1 heterocycles. The molecule has 1 fully saturated rings. The van der Waals surface area contributed by atoms with Crippen molar-refractivity contribution in [3.63, 3.8) is 0 Å². The van der Waals surface area contributed by atoms with Gasteiger partial charge in [-0.15, -0.1) is 0 Å². The summed E-state index contributed by atoms with van der Waals surface area (Å²) in [6, 6.07) is 11.9. The van der Waals surface area contributed by atoms with Gasteiger partial charge in [-0.2, -0.15) is 0 Å². The number of ether oxygens (including phenoxy) is 3. The van der Waals surface area contributed by atoms with Gasteiger partial charge in [-0.3, -0.25) is 14.4 Å². The topological polar surface area (TPSA) is 113 Å². The fraction of sp³-hybridized carbons (Fsp3) is 0.348. The van der Waals surface area contributed by atoms with Crippen LogP contribution in [0, 0.1) is 5.41 Å². The molecule has 3 atom stereocenters. The number of halogens is 2. The second-order valence-corrected chi connectivity index (χ2v) is 10.8. The van der Waals surface area contributed by atoms with E-state index < -0.39 is 56.0 Å². The predicted molar refractivity (Wildman–Crippen MR) is 124 cm³/mol. The SMILES string of the molecule is COC(=O)[C@H]1[C@H](c2ccc(Cl)cc2)C(C(=O)OC)(C(=O)OC)[C@H](c2ccc(Cl)cc2)CS1(=O)=O. The maximum atomic E-state index is 13.5. The molecule has 3 rings (SSSR count). The minimum absolute atomic E-state index is 0.192. The number of carbonyl (C=O) groups is 3. The zero-order chi connectivity index (χ0) is 25.3. The lowest BCUT2D eigenvalue weighted by Crippen LogP contribution is -2.62.